The molecule has 0 aliphatic carbocycles. The van der Waals surface area contributed by atoms with Gasteiger partial charge in [0.05, 0.1) is 19.8 Å². The Bertz CT molecular complexity index is 338. The van der Waals surface area contributed by atoms with Gasteiger partial charge in [-0.1, -0.05) is 26.0 Å². The van der Waals surface area contributed by atoms with Gasteiger partial charge in [-0.15, -0.1) is 0 Å². The van der Waals surface area contributed by atoms with Crippen LogP contribution in [0.4, 0.5) is 0 Å². The van der Waals surface area contributed by atoms with E-state index in [1.165, 1.54) is 0 Å². The van der Waals surface area contributed by atoms with Crippen LogP contribution >= 0.6 is 0 Å². The van der Waals surface area contributed by atoms with Crippen LogP contribution < -0.4 is 10.1 Å². The molecule has 0 aliphatic heterocycles. The van der Waals surface area contributed by atoms with E-state index in [4.69, 9.17) is 9.47 Å². The summed E-state index contributed by atoms with van der Waals surface area (Å²) in [6.45, 7) is 6.52. The van der Waals surface area contributed by atoms with Crippen LogP contribution in [0.2, 0.25) is 0 Å². The predicted molar refractivity (Wildman–Crippen MR) is 76.4 cm³/mol. The van der Waals surface area contributed by atoms with Crippen LogP contribution in [-0.4, -0.2) is 38.1 Å². The molecule has 1 atom stereocenters. The molecule has 4 nitrogen and oxygen atoms in total. The van der Waals surface area contributed by atoms with Crippen molar-refractivity contribution in [1.29, 1.82) is 0 Å². The zero-order valence-corrected chi connectivity index (χ0v) is 12.1. The minimum Gasteiger partial charge on any atom is -0.497 e. The molecule has 0 spiro atoms. The van der Waals surface area contributed by atoms with Crippen LogP contribution in [0.3, 0.4) is 0 Å². The lowest BCUT2D eigenvalue weighted by molar-refractivity contribution is 0.0260. The number of aliphatic hydroxyl groups is 1. The minimum atomic E-state index is -0.461. The molecule has 0 saturated heterocycles. The van der Waals surface area contributed by atoms with Gasteiger partial charge in [-0.05, 0) is 23.6 Å². The van der Waals surface area contributed by atoms with Crippen molar-refractivity contribution in [3.8, 4) is 5.75 Å². The van der Waals surface area contributed by atoms with Gasteiger partial charge in [0.2, 0.25) is 0 Å². The summed E-state index contributed by atoms with van der Waals surface area (Å²) in [4.78, 5) is 0. The first-order valence-corrected chi connectivity index (χ1v) is 6.71. The summed E-state index contributed by atoms with van der Waals surface area (Å²) < 4.78 is 10.5. The molecule has 0 saturated carbocycles. The molecule has 19 heavy (non-hydrogen) atoms. The fourth-order valence-electron chi connectivity index (χ4n) is 1.63. The van der Waals surface area contributed by atoms with Gasteiger partial charge in [-0.25, -0.2) is 0 Å². The van der Waals surface area contributed by atoms with E-state index < -0.39 is 6.10 Å². The third-order valence-electron chi connectivity index (χ3n) is 2.63. The second-order valence-electron chi connectivity index (χ2n) is 5.06. The van der Waals surface area contributed by atoms with Gasteiger partial charge in [0.15, 0.2) is 0 Å². The number of rotatable bonds is 9. The van der Waals surface area contributed by atoms with Crippen molar-refractivity contribution in [3.63, 3.8) is 0 Å². The van der Waals surface area contributed by atoms with Crippen molar-refractivity contribution in [2.45, 2.75) is 26.5 Å². The molecule has 0 amide bonds. The van der Waals surface area contributed by atoms with E-state index >= 15 is 0 Å². The summed E-state index contributed by atoms with van der Waals surface area (Å²) in [6.07, 6.45) is -0.461. The van der Waals surface area contributed by atoms with Crippen molar-refractivity contribution < 1.29 is 14.6 Å². The fourth-order valence-corrected chi connectivity index (χ4v) is 1.63. The number of aliphatic hydroxyl groups excluding tert-OH is 1. The zero-order chi connectivity index (χ0) is 14.1. The molecular formula is C15H25NO3. The van der Waals surface area contributed by atoms with E-state index in [9.17, 15) is 5.11 Å². The van der Waals surface area contributed by atoms with E-state index in [1.807, 2.05) is 24.3 Å². The molecule has 0 radical (unpaired) electrons. The van der Waals surface area contributed by atoms with E-state index in [2.05, 4.69) is 19.2 Å². The Morgan fingerprint density at radius 3 is 2.42 bits per heavy atom. The molecule has 1 unspecified atom stereocenters. The van der Waals surface area contributed by atoms with Gasteiger partial charge >= 0.3 is 0 Å². The molecule has 0 heterocycles. The first-order chi connectivity index (χ1) is 9.11. The molecule has 0 aliphatic rings. The minimum absolute atomic E-state index is 0.383. The number of benzene rings is 1. The van der Waals surface area contributed by atoms with Crippen molar-refractivity contribution in [2.75, 3.05) is 26.9 Å². The van der Waals surface area contributed by atoms with Crippen molar-refractivity contribution in [2.24, 2.45) is 5.92 Å². The molecule has 1 rings (SSSR count). The van der Waals surface area contributed by atoms with E-state index in [1.54, 1.807) is 7.11 Å². The molecule has 0 aromatic heterocycles. The number of methoxy groups -OCH3 is 1. The average molecular weight is 267 g/mol. The van der Waals surface area contributed by atoms with Crippen LogP contribution in [0, 0.1) is 5.92 Å². The third-order valence-corrected chi connectivity index (χ3v) is 2.63. The van der Waals surface area contributed by atoms with E-state index in [0.717, 1.165) is 17.9 Å². The zero-order valence-electron chi connectivity index (χ0n) is 12.1. The molecular weight excluding hydrogens is 242 g/mol. The molecule has 2 N–H and O–H groups in total. The van der Waals surface area contributed by atoms with Gasteiger partial charge in [-0.3, -0.25) is 0 Å². The summed E-state index contributed by atoms with van der Waals surface area (Å²) in [7, 11) is 1.65. The third kappa shape index (κ3) is 7.15. The number of ether oxygens (including phenoxy) is 2. The lowest BCUT2D eigenvalue weighted by Gasteiger charge is -2.13. The smallest absolute Gasteiger partial charge is 0.118 e. The van der Waals surface area contributed by atoms with Gasteiger partial charge in [-0.2, -0.15) is 0 Å². The maximum absolute atomic E-state index is 9.71. The molecule has 1 aromatic carbocycles. The number of hydrogen-bond acceptors (Lipinski definition) is 4. The first-order valence-electron chi connectivity index (χ1n) is 6.71. The highest BCUT2D eigenvalue weighted by molar-refractivity contribution is 5.26. The summed E-state index contributed by atoms with van der Waals surface area (Å²) in [5.41, 5.74) is 1.16. The van der Waals surface area contributed by atoms with E-state index in [0.29, 0.717) is 25.7 Å². The second-order valence-corrected chi connectivity index (χ2v) is 5.06. The largest absolute Gasteiger partial charge is 0.497 e. The Labute approximate surface area is 115 Å². The molecule has 108 valence electrons. The first kappa shape index (κ1) is 16.0. The SMILES string of the molecule is COc1ccc(CNCC(O)COCC(C)C)cc1. The second kappa shape index (κ2) is 8.91. The van der Waals surface area contributed by atoms with Gasteiger partial charge in [0.25, 0.3) is 0 Å². The van der Waals surface area contributed by atoms with Gasteiger partial charge in [0.1, 0.15) is 5.75 Å². The molecule has 0 fully saturated rings. The molecule has 4 heteroatoms. The van der Waals surface area contributed by atoms with Crippen LogP contribution in [0.25, 0.3) is 0 Å². The van der Waals surface area contributed by atoms with Crippen LogP contribution in [-0.2, 0) is 11.3 Å². The Morgan fingerprint density at radius 1 is 1.16 bits per heavy atom. The highest BCUT2D eigenvalue weighted by Crippen LogP contribution is 2.10. The Morgan fingerprint density at radius 2 is 1.84 bits per heavy atom. The summed E-state index contributed by atoms with van der Waals surface area (Å²) in [5.74, 6) is 1.35. The Balaban J connectivity index is 2.14. The number of hydrogen-bond donors (Lipinski definition) is 2. The van der Waals surface area contributed by atoms with Crippen LogP contribution in [0.15, 0.2) is 24.3 Å². The summed E-state index contributed by atoms with van der Waals surface area (Å²) >= 11 is 0. The standard InChI is InChI=1S/C15H25NO3/c1-12(2)10-19-11-14(17)9-16-8-13-4-6-15(18-3)7-5-13/h4-7,12,14,16-17H,8-11H2,1-3H3. The highest BCUT2D eigenvalue weighted by atomic mass is 16.5. The Kier molecular flexibility index (Phi) is 7.48. The van der Waals surface area contributed by atoms with E-state index in [-0.39, 0.29) is 0 Å². The normalized spacial score (nSPS) is 12.7. The van der Waals surface area contributed by atoms with Gasteiger partial charge in [0, 0.05) is 19.7 Å². The fraction of sp³-hybridized carbons (Fsp3) is 0.600. The predicted octanol–water partition coefficient (Wildman–Crippen LogP) is 1.82. The monoisotopic (exact) mass is 267 g/mol. The number of nitrogens with one attached hydrogen (secondary N) is 1. The van der Waals surface area contributed by atoms with Crippen molar-refractivity contribution in [1.82, 2.24) is 5.32 Å². The Hall–Kier alpha value is -1.10. The quantitative estimate of drug-likeness (QED) is 0.716. The molecule has 1 aromatic rings. The van der Waals surface area contributed by atoms with Crippen molar-refractivity contribution in [3.05, 3.63) is 29.8 Å². The lowest BCUT2D eigenvalue weighted by atomic mass is 10.2. The van der Waals surface area contributed by atoms with Crippen molar-refractivity contribution >= 4 is 0 Å². The topological polar surface area (TPSA) is 50.7 Å². The van der Waals surface area contributed by atoms with Gasteiger partial charge < -0.3 is 19.9 Å². The average Bonchev–Trinajstić information content (AvgIpc) is 2.39. The maximum atomic E-state index is 9.71. The summed E-state index contributed by atoms with van der Waals surface area (Å²) in [6, 6.07) is 7.87. The lowest BCUT2D eigenvalue weighted by Crippen LogP contribution is -2.30. The van der Waals surface area contributed by atoms with Crippen LogP contribution in [0.5, 0.6) is 5.75 Å². The maximum Gasteiger partial charge on any atom is 0.118 e. The van der Waals surface area contributed by atoms with Crippen LogP contribution in [0.1, 0.15) is 19.4 Å². The summed E-state index contributed by atoms with van der Waals surface area (Å²) in [5, 5.41) is 12.9. The highest BCUT2D eigenvalue weighted by Gasteiger charge is 2.04. The molecule has 0 bridgehead atoms.